The first-order valence-electron chi connectivity index (χ1n) is 28.8. The number of rotatable bonds is 33. The van der Waals surface area contributed by atoms with Crippen LogP contribution in [-0.4, -0.2) is 142 Å². The predicted octanol–water partition coefficient (Wildman–Crippen LogP) is 5.15. The largest absolute Gasteiger partial charge is 0.461 e. The summed E-state index contributed by atoms with van der Waals surface area (Å²) >= 11 is 0. The fourth-order valence-corrected chi connectivity index (χ4v) is 9.03. The van der Waals surface area contributed by atoms with E-state index in [2.05, 4.69) is 37.2 Å². The SMILES string of the molecule is CCOCc1nc2c(NC(=O)CNC(=O)OC(C)(C)C)nc3ccccc3c2n1CC(C)(C)OCCNC(=O)C(C)(C)CC(=O)OCc1ccc(NC(=O)[C@H](CCCNC(N)=O)NC(=O)[C@@H](NC(=O)CCCCCN2C(=O)C=CC2=O)C(C)C)cc1. The van der Waals surface area contributed by atoms with Gasteiger partial charge in [0.15, 0.2) is 5.82 Å². The summed E-state index contributed by atoms with van der Waals surface area (Å²) < 4.78 is 25.0. The van der Waals surface area contributed by atoms with E-state index in [0.717, 1.165) is 10.3 Å². The Labute approximate surface area is 500 Å². The number of hydrogen-bond acceptors (Lipinski definition) is 16. The second kappa shape index (κ2) is 31.6. The predicted molar refractivity (Wildman–Crippen MR) is 319 cm³/mol. The average Bonchev–Trinajstić information content (AvgIpc) is 2.27. The molecule has 0 saturated carbocycles. The molecule has 26 heteroatoms. The van der Waals surface area contributed by atoms with E-state index in [0.29, 0.717) is 59.5 Å². The molecule has 26 nitrogen and oxygen atoms in total. The van der Waals surface area contributed by atoms with Gasteiger partial charge in [0.2, 0.25) is 29.5 Å². The number of amides is 10. The molecule has 2 aromatic heterocycles. The highest BCUT2D eigenvalue weighted by Gasteiger charge is 2.33. The number of ether oxygens (including phenoxy) is 4. The quantitative estimate of drug-likeness (QED) is 0.0174. The molecule has 5 rings (SSSR count). The molecular formula is C60H84N12O14. The van der Waals surface area contributed by atoms with E-state index < -0.39 is 70.4 Å². The van der Waals surface area contributed by atoms with E-state index in [1.807, 2.05) is 49.6 Å². The molecule has 3 heterocycles. The summed E-state index contributed by atoms with van der Waals surface area (Å²) in [6.45, 7) is 18.5. The Hall–Kier alpha value is -8.52. The molecule has 4 aromatic rings. The zero-order valence-electron chi connectivity index (χ0n) is 50.9. The van der Waals surface area contributed by atoms with E-state index in [1.54, 1.807) is 72.7 Å². The van der Waals surface area contributed by atoms with Gasteiger partial charge >= 0.3 is 18.1 Å². The number of hydrogen-bond donors (Lipinski definition) is 8. The van der Waals surface area contributed by atoms with Crippen molar-refractivity contribution in [1.29, 1.82) is 0 Å². The normalized spacial score (nSPS) is 13.3. The van der Waals surface area contributed by atoms with Gasteiger partial charge in [-0.1, -0.05) is 64.4 Å². The third-order valence-corrected chi connectivity index (χ3v) is 13.4. The molecule has 10 amide bonds. The van der Waals surface area contributed by atoms with Crippen LogP contribution in [0.15, 0.2) is 60.7 Å². The van der Waals surface area contributed by atoms with Gasteiger partial charge in [0.05, 0.1) is 41.6 Å². The molecule has 1 aliphatic heterocycles. The van der Waals surface area contributed by atoms with Crippen LogP contribution in [0.4, 0.5) is 21.1 Å². The Kier molecular flexibility index (Phi) is 25.1. The van der Waals surface area contributed by atoms with Crippen LogP contribution in [0.25, 0.3) is 21.9 Å². The van der Waals surface area contributed by atoms with Crippen molar-refractivity contribution < 1.29 is 66.9 Å². The van der Waals surface area contributed by atoms with Crippen LogP contribution in [0, 0.1) is 11.3 Å². The van der Waals surface area contributed by atoms with E-state index in [1.165, 1.54) is 12.2 Å². The fourth-order valence-electron chi connectivity index (χ4n) is 9.03. The third-order valence-electron chi connectivity index (χ3n) is 13.4. The Morgan fingerprint density at radius 3 is 2.10 bits per heavy atom. The zero-order chi connectivity index (χ0) is 63.4. The number of aromatic nitrogens is 3. The number of nitrogens with zero attached hydrogens (tertiary/aromatic N) is 4. The summed E-state index contributed by atoms with van der Waals surface area (Å²) in [5.74, 6) is -3.45. The number of benzene rings is 2. The van der Waals surface area contributed by atoms with Gasteiger partial charge in [-0.2, -0.15) is 0 Å². The molecule has 0 saturated heterocycles. The molecule has 86 heavy (non-hydrogen) atoms. The molecule has 0 aliphatic carbocycles. The molecular weight excluding hydrogens is 1110 g/mol. The molecule has 1 aliphatic rings. The average molecular weight is 1200 g/mol. The number of nitrogens with two attached hydrogens (primary N) is 1. The molecule has 468 valence electrons. The van der Waals surface area contributed by atoms with Crippen molar-refractivity contribution in [3.05, 3.63) is 72.1 Å². The summed E-state index contributed by atoms with van der Waals surface area (Å²) in [7, 11) is 0. The number of unbranched alkanes of at least 4 members (excludes halogenated alkanes) is 2. The van der Waals surface area contributed by atoms with Crippen LogP contribution in [0.5, 0.6) is 0 Å². The fraction of sp³-hybridized carbons (Fsp3) is 0.533. The van der Waals surface area contributed by atoms with Crippen molar-refractivity contribution in [3.63, 3.8) is 0 Å². The molecule has 2 aromatic carbocycles. The lowest BCUT2D eigenvalue weighted by molar-refractivity contribution is -0.150. The zero-order valence-corrected chi connectivity index (χ0v) is 50.9. The van der Waals surface area contributed by atoms with Gasteiger partial charge in [-0.25, -0.2) is 19.6 Å². The first kappa shape index (κ1) is 68.3. The highest BCUT2D eigenvalue weighted by molar-refractivity contribution is 6.13. The maximum absolute atomic E-state index is 13.7. The van der Waals surface area contributed by atoms with Gasteiger partial charge in [-0.15, -0.1) is 0 Å². The number of alkyl carbamates (subject to hydrolysis) is 1. The van der Waals surface area contributed by atoms with E-state index in [9.17, 15) is 47.9 Å². The van der Waals surface area contributed by atoms with Crippen LogP contribution < -0.4 is 43.0 Å². The number of nitrogens with one attached hydrogen (secondary N) is 7. The minimum atomic E-state index is -1.17. The van der Waals surface area contributed by atoms with E-state index >= 15 is 0 Å². The summed E-state index contributed by atoms with van der Waals surface area (Å²) in [5, 5.41) is 19.7. The van der Waals surface area contributed by atoms with Crippen LogP contribution in [0.2, 0.25) is 0 Å². The number of fused-ring (bicyclic) bond motifs is 3. The lowest BCUT2D eigenvalue weighted by atomic mass is 9.88. The topological polar surface area (TPSA) is 352 Å². The number of urea groups is 1. The third kappa shape index (κ3) is 21.5. The summed E-state index contributed by atoms with van der Waals surface area (Å²) in [6, 6.07) is 11.1. The van der Waals surface area contributed by atoms with Gasteiger partial charge in [0, 0.05) is 55.9 Å². The lowest BCUT2D eigenvalue weighted by Crippen LogP contribution is -2.54. The number of primary amides is 1. The van der Waals surface area contributed by atoms with E-state index in [4.69, 9.17) is 34.6 Å². The van der Waals surface area contributed by atoms with Gasteiger partial charge in [0.25, 0.3) is 11.8 Å². The van der Waals surface area contributed by atoms with Crippen LogP contribution in [0.3, 0.4) is 0 Å². The van der Waals surface area contributed by atoms with Gasteiger partial charge < -0.3 is 66.5 Å². The van der Waals surface area contributed by atoms with Crippen molar-refractivity contribution in [2.45, 2.75) is 157 Å². The molecule has 0 bridgehead atoms. The minimum Gasteiger partial charge on any atom is -0.461 e. The van der Waals surface area contributed by atoms with Gasteiger partial charge in [-0.3, -0.25) is 43.3 Å². The number of imide groups is 1. The number of esters is 1. The monoisotopic (exact) mass is 1200 g/mol. The van der Waals surface area contributed by atoms with Crippen molar-refractivity contribution in [3.8, 4) is 0 Å². The molecule has 0 fully saturated rings. The lowest BCUT2D eigenvalue weighted by Gasteiger charge is -2.28. The summed E-state index contributed by atoms with van der Waals surface area (Å²) in [4.78, 5) is 138. The molecule has 2 atom stereocenters. The summed E-state index contributed by atoms with van der Waals surface area (Å²) in [5.41, 5.74) is 5.08. The molecule has 0 unspecified atom stereocenters. The van der Waals surface area contributed by atoms with Crippen LogP contribution in [-0.2, 0) is 77.1 Å². The number of para-hydroxylation sites is 1. The molecule has 0 spiro atoms. The van der Waals surface area contributed by atoms with Gasteiger partial charge in [0.1, 0.15) is 48.8 Å². The molecule has 9 N–H and O–H groups in total. The number of imidazole rings is 1. The Morgan fingerprint density at radius 1 is 0.744 bits per heavy atom. The number of carbonyl (C=O) groups excluding carboxylic acids is 10. The van der Waals surface area contributed by atoms with Gasteiger partial charge in [-0.05, 0) is 96.9 Å². The summed E-state index contributed by atoms with van der Waals surface area (Å²) in [6.07, 6.45) is 3.46. The number of anilines is 2. The second-order valence-corrected chi connectivity index (χ2v) is 23.4. The van der Waals surface area contributed by atoms with Crippen LogP contribution in [0.1, 0.15) is 126 Å². The van der Waals surface area contributed by atoms with Crippen molar-refractivity contribution in [2.75, 3.05) is 50.0 Å². The first-order chi connectivity index (χ1) is 40.6. The smallest absolute Gasteiger partial charge is 0.408 e. The van der Waals surface area contributed by atoms with Crippen molar-refractivity contribution in [1.82, 2.24) is 46.0 Å². The highest BCUT2D eigenvalue weighted by Crippen LogP contribution is 2.32. The Bertz CT molecular complexity index is 3090. The second-order valence-electron chi connectivity index (χ2n) is 23.4. The maximum Gasteiger partial charge on any atom is 0.408 e. The standard InChI is InChI=1S/C60H84N12O14/c1-11-83-35-43-68-50-51(40-18-14-15-19-41(40)66-52(50)70-45(74)33-64-57(82)86-58(4,5)6)72(43)36-60(9,10)85-31-29-62-55(80)59(7,8)32-48(77)84-34-38-22-24-39(25-23-38)65-53(78)42(20-17-28-63-56(61)81)67-54(79)49(37(2)3)69-44(73)21-13-12-16-30-71-46(75)26-27-47(71)76/h14-15,18-19,22-27,37,42,49H,11-13,16-17,20-21,28-36H2,1-10H3,(H,62,80)(H,64,82)(H,65,78)(H,67,79)(H,69,73)(H3,61,63,81)(H,66,70,74)/t42-,49-/m0/s1. The van der Waals surface area contributed by atoms with Crippen molar-refractivity contribution >= 4 is 92.9 Å². The van der Waals surface area contributed by atoms with E-state index in [-0.39, 0.29) is 108 Å². The van der Waals surface area contributed by atoms with Crippen molar-refractivity contribution in [2.24, 2.45) is 17.1 Å². The minimum absolute atomic E-state index is 0.0982. The first-order valence-corrected chi connectivity index (χ1v) is 28.8. The highest BCUT2D eigenvalue weighted by atomic mass is 16.6. The van der Waals surface area contributed by atoms with Crippen LogP contribution >= 0.6 is 0 Å². The number of carbonyl (C=O) groups is 10. The number of pyridine rings is 1. The molecule has 0 radical (unpaired) electrons. The Balaban J connectivity index is 1.11. The Morgan fingerprint density at radius 2 is 1.44 bits per heavy atom. The maximum atomic E-state index is 13.7.